The van der Waals surface area contributed by atoms with E-state index >= 15 is 0 Å². The topological polar surface area (TPSA) is 41.3 Å². The van der Waals surface area contributed by atoms with Gasteiger partial charge in [0.2, 0.25) is 0 Å². The molecule has 2 unspecified atom stereocenters. The summed E-state index contributed by atoms with van der Waals surface area (Å²) >= 11 is 0. The van der Waals surface area contributed by atoms with Crippen molar-refractivity contribution in [2.75, 3.05) is 26.7 Å². The molecule has 2 aromatic carbocycles. The molecule has 1 heterocycles. The van der Waals surface area contributed by atoms with Crippen LogP contribution in [-0.2, 0) is 0 Å². The molecular weight excluding hydrogens is 234 g/mol. The van der Waals surface area contributed by atoms with Crippen LogP contribution < -0.4 is 11.1 Å². The van der Waals surface area contributed by atoms with Crippen LogP contribution in [0.3, 0.4) is 0 Å². The molecule has 1 fully saturated rings. The van der Waals surface area contributed by atoms with Crippen molar-refractivity contribution in [1.29, 1.82) is 0 Å². The van der Waals surface area contributed by atoms with E-state index in [0.717, 1.165) is 19.6 Å². The first-order chi connectivity index (χ1) is 9.25. The Morgan fingerprint density at radius 3 is 2.79 bits per heavy atom. The molecule has 0 saturated carbocycles. The Labute approximate surface area is 114 Å². The molecule has 0 bridgehead atoms. The third-order valence-electron chi connectivity index (χ3n) is 4.13. The lowest BCUT2D eigenvalue weighted by atomic mass is 9.95. The Kier molecular flexibility index (Phi) is 3.51. The highest BCUT2D eigenvalue weighted by atomic mass is 15.2. The number of rotatable bonds is 2. The van der Waals surface area contributed by atoms with Gasteiger partial charge in [-0.1, -0.05) is 36.4 Å². The van der Waals surface area contributed by atoms with Gasteiger partial charge >= 0.3 is 0 Å². The minimum Gasteiger partial charge on any atom is -0.323 e. The summed E-state index contributed by atoms with van der Waals surface area (Å²) < 4.78 is 0. The normalized spacial score (nSPS) is 22.5. The summed E-state index contributed by atoms with van der Waals surface area (Å²) in [5.74, 6) is 0. The van der Waals surface area contributed by atoms with Gasteiger partial charge in [0, 0.05) is 31.7 Å². The molecule has 2 aromatic rings. The van der Waals surface area contributed by atoms with Gasteiger partial charge in [-0.3, -0.25) is 4.90 Å². The van der Waals surface area contributed by atoms with Crippen LogP contribution in [0.15, 0.2) is 42.5 Å². The summed E-state index contributed by atoms with van der Waals surface area (Å²) in [4.78, 5) is 2.36. The quantitative estimate of drug-likeness (QED) is 0.859. The van der Waals surface area contributed by atoms with Crippen LogP contribution in [0.5, 0.6) is 0 Å². The molecule has 100 valence electrons. The van der Waals surface area contributed by atoms with Gasteiger partial charge in [-0.25, -0.2) is 0 Å². The highest BCUT2D eigenvalue weighted by Gasteiger charge is 2.25. The minimum absolute atomic E-state index is 0.0578. The van der Waals surface area contributed by atoms with Gasteiger partial charge in [-0.05, 0) is 29.4 Å². The van der Waals surface area contributed by atoms with E-state index in [1.54, 1.807) is 0 Å². The zero-order valence-corrected chi connectivity index (χ0v) is 11.3. The van der Waals surface area contributed by atoms with Crippen molar-refractivity contribution in [3.05, 3.63) is 48.0 Å². The van der Waals surface area contributed by atoms with Crippen LogP contribution in [0.25, 0.3) is 10.8 Å². The second-order valence-corrected chi connectivity index (χ2v) is 5.38. The lowest BCUT2D eigenvalue weighted by molar-refractivity contribution is 0.174. The van der Waals surface area contributed by atoms with Crippen molar-refractivity contribution in [3.63, 3.8) is 0 Å². The van der Waals surface area contributed by atoms with Gasteiger partial charge in [-0.2, -0.15) is 0 Å². The maximum absolute atomic E-state index is 6.47. The number of nitrogens with two attached hydrogens (primary N) is 1. The van der Waals surface area contributed by atoms with E-state index < -0.39 is 0 Å². The van der Waals surface area contributed by atoms with Crippen molar-refractivity contribution in [2.24, 2.45) is 5.73 Å². The lowest BCUT2D eigenvalue weighted by Gasteiger charge is -2.37. The molecule has 0 radical (unpaired) electrons. The predicted molar refractivity (Wildman–Crippen MR) is 80.2 cm³/mol. The molecule has 0 amide bonds. The molecule has 1 saturated heterocycles. The summed E-state index contributed by atoms with van der Waals surface area (Å²) in [7, 11) is 2.16. The van der Waals surface area contributed by atoms with E-state index in [2.05, 4.69) is 59.7 Å². The van der Waals surface area contributed by atoms with Crippen LogP contribution >= 0.6 is 0 Å². The maximum atomic E-state index is 6.47. The Balaban J connectivity index is 1.90. The summed E-state index contributed by atoms with van der Waals surface area (Å²) in [6, 6.07) is 15.4. The monoisotopic (exact) mass is 255 g/mol. The average molecular weight is 255 g/mol. The third-order valence-corrected chi connectivity index (χ3v) is 4.13. The maximum Gasteiger partial charge on any atom is 0.0465 e. The fourth-order valence-electron chi connectivity index (χ4n) is 2.87. The first kappa shape index (κ1) is 12.6. The second-order valence-electron chi connectivity index (χ2n) is 5.38. The summed E-state index contributed by atoms with van der Waals surface area (Å²) in [5, 5.41) is 5.97. The van der Waals surface area contributed by atoms with Gasteiger partial charge in [0.15, 0.2) is 0 Å². The van der Waals surface area contributed by atoms with E-state index in [0.29, 0.717) is 6.04 Å². The molecular formula is C16H21N3. The molecule has 19 heavy (non-hydrogen) atoms. The van der Waals surface area contributed by atoms with Crippen molar-refractivity contribution < 1.29 is 0 Å². The minimum atomic E-state index is 0.0578. The summed E-state index contributed by atoms with van der Waals surface area (Å²) in [6.07, 6.45) is 0. The Morgan fingerprint density at radius 2 is 2.00 bits per heavy atom. The lowest BCUT2D eigenvalue weighted by Crippen LogP contribution is -2.53. The predicted octanol–water partition coefficient (Wildman–Crippen LogP) is 1.74. The van der Waals surface area contributed by atoms with Crippen molar-refractivity contribution in [2.45, 2.75) is 12.1 Å². The molecule has 3 rings (SSSR count). The van der Waals surface area contributed by atoms with Crippen LogP contribution in [0.2, 0.25) is 0 Å². The molecule has 3 N–H and O–H groups in total. The van der Waals surface area contributed by atoms with Crippen LogP contribution in [0.4, 0.5) is 0 Å². The fourth-order valence-corrected chi connectivity index (χ4v) is 2.87. The molecule has 1 aliphatic rings. The van der Waals surface area contributed by atoms with E-state index in [9.17, 15) is 0 Å². The number of hydrogen-bond acceptors (Lipinski definition) is 3. The summed E-state index contributed by atoms with van der Waals surface area (Å²) in [6.45, 7) is 3.08. The first-order valence-corrected chi connectivity index (χ1v) is 6.91. The fraction of sp³-hybridized carbons (Fsp3) is 0.375. The van der Waals surface area contributed by atoms with Gasteiger partial charge in [0.25, 0.3) is 0 Å². The standard InChI is InChI=1S/C16H21N3/c1-19-9-8-18-11-15(19)16(17)14-7-6-12-4-2-3-5-13(12)10-14/h2-7,10,15-16,18H,8-9,11,17H2,1H3. The second kappa shape index (κ2) is 5.29. The van der Waals surface area contributed by atoms with Crippen LogP contribution in [0, 0.1) is 0 Å². The largest absolute Gasteiger partial charge is 0.323 e. The molecule has 3 nitrogen and oxygen atoms in total. The number of nitrogens with zero attached hydrogens (tertiary/aromatic N) is 1. The van der Waals surface area contributed by atoms with Crippen LogP contribution in [-0.4, -0.2) is 37.6 Å². The zero-order chi connectivity index (χ0) is 13.2. The van der Waals surface area contributed by atoms with Crippen LogP contribution in [0.1, 0.15) is 11.6 Å². The van der Waals surface area contributed by atoms with E-state index in [-0.39, 0.29) is 6.04 Å². The van der Waals surface area contributed by atoms with E-state index in [4.69, 9.17) is 5.73 Å². The molecule has 0 aromatic heterocycles. The molecule has 3 heteroatoms. The first-order valence-electron chi connectivity index (χ1n) is 6.91. The highest BCUT2D eigenvalue weighted by molar-refractivity contribution is 5.83. The van der Waals surface area contributed by atoms with Crippen molar-refractivity contribution >= 4 is 10.8 Å². The average Bonchev–Trinajstić information content (AvgIpc) is 2.46. The smallest absolute Gasteiger partial charge is 0.0465 e. The number of hydrogen-bond donors (Lipinski definition) is 2. The Hall–Kier alpha value is -1.42. The highest BCUT2D eigenvalue weighted by Crippen LogP contribution is 2.23. The summed E-state index contributed by atoms with van der Waals surface area (Å²) in [5.41, 5.74) is 7.69. The molecule has 1 aliphatic heterocycles. The number of fused-ring (bicyclic) bond motifs is 1. The zero-order valence-electron chi connectivity index (χ0n) is 11.3. The van der Waals surface area contributed by atoms with Crippen molar-refractivity contribution in [3.8, 4) is 0 Å². The van der Waals surface area contributed by atoms with Crippen molar-refractivity contribution in [1.82, 2.24) is 10.2 Å². The van der Waals surface area contributed by atoms with Gasteiger partial charge < -0.3 is 11.1 Å². The number of likely N-dealkylation sites (N-methyl/N-ethyl adjacent to an activating group) is 1. The number of piperazine rings is 1. The Bertz CT molecular complexity index is 567. The van der Waals surface area contributed by atoms with E-state index in [1.807, 2.05) is 0 Å². The number of benzene rings is 2. The Morgan fingerprint density at radius 1 is 1.21 bits per heavy atom. The van der Waals surface area contributed by atoms with E-state index in [1.165, 1.54) is 16.3 Å². The SMILES string of the molecule is CN1CCNCC1C(N)c1ccc2ccccc2c1. The van der Waals surface area contributed by atoms with Gasteiger partial charge in [0.05, 0.1) is 0 Å². The van der Waals surface area contributed by atoms with Gasteiger partial charge in [0.1, 0.15) is 0 Å². The number of nitrogens with one attached hydrogen (secondary N) is 1. The molecule has 2 atom stereocenters. The molecule has 0 aliphatic carbocycles. The van der Waals surface area contributed by atoms with Gasteiger partial charge in [-0.15, -0.1) is 0 Å². The third kappa shape index (κ3) is 2.50. The molecule has 0 spiro atoms.